The molecule has 0 atom stereocenters. The second kappa shape index (κ2) is 8.36. The molecule has 0 fully saturated rings. The molecule has 0 spiro atoms. The maximum Gasteiger partial charge on any atom is 0.338 e. The van der Waals surface area contributed by atoms with Crippen LogP contribution in [0.15, 0.2) is 71.9 Å². The molecule has 0 aliphatic rings. The SMILES string of the molecule is CCOC(=O)c1cccc(C(=O)c2cnccc2-c2ccc(S(C)(=O)=O)cc2)c1. The van der Waals surface area contributed by atoms with Crippen molar-refractivity contribution in [1.82, 2.24) is 4.98 Å². The molecule has 0 bridgehead atoms. The molecule has 0 unspecified atom stereocenters. The van der Waals surface area contributed by atoms with Crippen molar-refractivity contribution in [1.29, 1.82) is 0 Å². The van der Waals surface area contributed by atoms with Crippen LogP contribution in [0.2, 0.25) is 0 Å². The first-order valence-electron chi connectivity index (χ1n) is 8.87. The van der Waals surface area contributed by atoms with E-state index >= 15 is 0 Å². The highest BCUT2D eigenvalue weighted by Crippen LogP contribution is 2.26. The number of benzene rings is 2. The minimum atomic E-state index is -3.31. The van der Waals surface area contributed by atoms with E-state index in [0.717, 1.165) is 6.26 Å². The number of hydrogen-bond acceptors (Lipinski definition) is 6. The van der Waals surface area contributed by atoms with Gasteiger partial charge in [-0.3, -0.25) is 9.78 Å². The van der Waals surface area contributed by atoms with Crippen LogP contribution in [-0.2, 0) is 14.6 Å². The number of nitrogens with zero attached hydrogens (tertiary/aromatic N) is 1. The lowest BCUT2D eigenvalue weighted by Gasteiger charge is -2.10. The van der Waals surface area contributed by atoms with Gasteiger partial charge < -0.3 is 4.74 Å². The van der Waals surface area contributed by atoms with Crippen LogP contribution in [-0.4, -0.2) is 38.0 Å². The van der Waals surface area contributed by atoms with Gasteiger partial charge >= 0.3 is 5.97 Å². The molecule has 2 aromatic carbocycles. The van der Waals surface area contributed by atoms with Crippen LogP contribution in [0, 0.1) is 0 Å². The van der Waals surface area contributed by atoms with Gasteiger partial charge in [-0.1, -0.05) is 24.3 Å². The number of hydrogen-bond donors (Lipinski definition) is 0. The predicted molar refractivity (Wildman–Crippen MR) is 109 cm³/mol. The Morgan fingerprint density at radius 3 is 2.34 bits per heavy atom. The molecule has 0 aliphatic carbocycles. The van der Waals surface area contributed by atoms with Crippen LogP contribution in [0.3, 0.4) is 0 Å². The highest BCUT2D eigenvalue weighted by Gasteiger charge is 2.17. The molecule has 0 amide bonds. The molecule has 3 rings (SSSR count). The normalized spacial score (nSPS) is 11.1. The molecule has 1 aromatic heterocycles. The molecule has 0 radical (unpaired) electrons. The monoisotopic (exact) mass is 409 g/mol. The number of rotatable bonds is 6. The number of esters is 1. The first-order valence-corrected chi connectivity index (χ1v) is 10.8. The van der Waals surface area contributed by atoms with E-state index in [9.17, 15) is 18.0 Å². The Hall–Kier alpha value is -3.32. The van der Waals surface area contributed by atoms with Gasteiger partial charge in [-0.2, -0.15) is 0 Å². The summed E-state index contributed by atoms with van der Waals surface area (Å²) in [5.41, 5.74) is 2.27. The van der Waals surface area contributed by atoms with E-state index in [1.807, 2.05) is 0 Å². The Kier molecular flexibility index (Phi) is 5.89. The Bertz CT molecular complexity index is 1170. The van der Waals surface area contributed by atoms with Crippen LogP contribution in [0.1, 0.15) is 33.2 Å². The zero-order chi connectivity index (χ0) is 21.0. The van der Waals surface area contributed by atoms with Crippen molar-refractivity contribution in [2.45, 2.75) is 11.8 Å². The van der Waals surface area contributed by atoms with Crippen molar-refractivity contribution >= 4 is 21.6 Å². The smallest absolute Gasteiger partial charge is 0.338 e. The lowest BCUT2D eigenvalue weighted by molar-refractivity contribution is 0.0526. The van der Waals surface area contributed by atoms with Gasteiger partial charge in [0.25, 0.3) is 0 Å². The Morgan fingerprint density at radius 1 is 1.00 bits per heavy atom. The predicted octanol–water partition coefficient (Wildman–Crippen LogP) is 3.56. The number of sulfone groups is 1. The van der Waals surface area contributed by atoms with Gasteiger partial charge in [0.15, 0.2) is 15.6 Å². The fourth-order valence-electron chi connectivity index (χ4n) is 2.87. The highest BCUT2D eigenvalue weighted by molar-refractivity contribution is 7.90. The second-order valence-electron chi connectivity index (χ2n) is 6.35. The number of carbonyl (C=O) groups is 2. The van der Waals surface area contributed by atoms with Crippen LogP contribution in [0.5, 0.6) is 0 Å². The van der Waals surface area contributed by atoms with E-state index in [-0.39, 0.29) is 17.3 Å². The zero-order valence-corrected chi connectivity index (χ0v) is 16.8. The molecular weight excluding hydrogens is 390 g/mol. The lowest BCUT2D eigenvalue weighted by atomic mass is 9.95. The Morgan fingerprint density at radius 2 is 1.69 bits per heavy atom. The molecule has 0 saturated heterocycles. The van der Waals surface area contributed by atoms with Crippen molar-refractivity contribution < 1.29 is 22.7 Å². The summed E-state index contributed by atoms with van der Waals surface area (Å²) in [6, 6.07) is 14.3. The van der Waals surface area contributed by atoms with Crippen molar-refractivity contribution in [2.24, 2.45) is 0 Å². The summed E-state index contributed by atoms with van der Waals surface area (Å²) in [4.78, 5) is 29.3. The average molecular weight is 409 g/mol. The molecule has 0 N–H and O–H groups in total. The van der Waals surface area contributed by atoms with E-state index in [1.54, 1.807) is 49.5 Å². The average Bonchev–Trinajstić information content (AvgIpc) is 2.73. The number of aromatic nitrogens is 1. The number of carbonyl (C=O) groups excluding carboxylic acids is 2. The van der Waals surface area contributed by atoms with Gasteiger partial charge in [0, 0.05) is 29.8 Å². The Balaban J connectivity index is 2.00. The lowest BCUT2D eigenvalue weighted by Crippen LogP contribution is -2.08. The molecule has 0 aliphatic heterocycles. The van der Waals surface area contributed by atoms with E-state index in [1.165, 1.54) is 24.4 Å². The minimum Gasteiger partial charge on any atom is -0.462 e. The summed E-state index contributed by atoms with van der Waals surface area (Å²) in [6.07, 6.45) is 4.16. The third-order valence-electron chi connectivity index (χ3n) is 4.30. The summed E-state index contributed by atoms with van der Waals surface area (Å²) in [5, 5.41) is 0. The minimum absolute atomic E-state index is 0.199. The Labute approximate surface area is 169 Å². The van der Waals surface area contributed by atoms with Gasteiger partial charge in [-0.05, 0) is 48.4 Å². The van der Waals surface area contributed by atoms with Gasteiger partial charge in [0.1, 0.15) is 0 Å². The molecule has 6 nitrogen and oxygen atoms in total. The van der Waals surface area contributed by atoms with Crippen LogP contribution < -0.4 is 0 Å². The first-order chi connectivity index (χ1) is 13.8. The van der Waals surface area contributed by atoms with Gasteiger partial charge in [-0.15, -0.1) is 0 Å². The van der Waals surface area contributed by atoms with Gasteiger partial charge in [-0.25, -0.2) is 13.2 Å². The summed E-state index contributed by atoms with van der Waals surface area (Å²) in [7, 11) is -3.31. The molecule has 148 valence electrons. The van der Waals surface area contributed by atoms with Gasteiger partial charge in [0.05, 0.1) is 17.1 Å². The summed E-state index contributed by atoms with van der Waals surface area (Å²) in [6.45, 7) is 1.96. The summed E-state index contributed by atoms with van der Waals surface area (Å²) in [5.74, 6) is -0.795. The van der Waals surface area contributed by atoms with Crippen molar-refractivity contribution in [3.05, 3.63) is 83.7 Å². The molecule has 1 heterocycles. The third-order valence-corrected chi connectivity index (χ3v) is 5.42. The summed E-state index contributed by atoms with van der Waals surface area (Å²) >= 11 is 0. The van der Waals surface area contributed by atoms with Crippen LogP contribution in [0.4, 0.5) is 0 Å². The zero-order valence-electron chi connectivity index (χ0n) is 16.0. The third kappa shape index (κ3) is 4.57. The number of ketones is 1. The quantitative estimate of drug-likeness (QED) is 0.457. The highest BCUT2D eigenvalue weighted by atomic mass is 32.2. The standard InChI is InChI=1S/C22H19NO5S/c1-3-28-22(25)17-6-4-5-16(13-17)21(24)20-14-23-12-11-19(20)15-7-9-18(10-8-15)29(2,26)27/h4-14H,3H2,1-2H3. The van der Waals surface area contributed by atoms with Crippen LogP contribution >= 0.6 is 0 Å². The van der Waals surface area contributed by atoms with Crippen molar-refractivity contribution in [3.8, 4) is 11.1 Å². The number of pyridine rings is 1. The molecule has 29 heavy (non-hydrogen) atoms. The van der Waals surface area contributed by atoms with E-state index in [0.29, 0.717) is 27.8 Å². The van der Waals surface area contributed by atoms with Crippen LogP contribution in [0.25, 0.3) is 11.1 Å². The van der Waals surface area contributed by atoms with E-state index in [2.05, 4.69) is 4.98 Å². The maximum atomic E-state index is 13.1. The topological polar surface area (TPSA) is 90.4 Å². The van der Waals surface area contributed by atoms with E-state index in [4.69, 9.17) is 4.74 Å². The van der Waals surface area contributed by atoms with Crippen molar-refractivity contribution in [3.63, 3.8) is 0 Å². The second-order valence-corrected chi connectivity index (χ2v) is 8.36. The molecule has 7 heteroatoms. The fourth-order valence-corrected chi connectivity index (χ4v) is 3.50. The largest absolute Gasteiger partial charge is 0.462 e. The molecular formula is C22H19NO5S. The maximum absolute atomic E-state index is 13.1. The fraction of sp³-hybridized carbons (Fsp3) is 0.136. The summed E-state index contributed by atoms with van der Waals surface area (Å²) < 4.78 is 28.3. The van der Waals surface area contributed by atoms with Crippen molar-refractivity contribution in [2.75, 3.05) is 12.9 Å². The first kappa shape index (κ1) is 20.4. The van der Waals surface area contributed by atoms with E-state index < -0.39 is 15.8 Å². The molecule has 0 saturated carbocycles. The molecule has 3 aromatic rings. The number of ether oxygens (including phenoxy) is 1. The van der Waals surface area contributed by atoms with Gasteiger partial charge in [0.2, 0.25) is 0 Å².